The SMILES string of the molecule is CCCCCCc1cn(CC(C)(C)CNC(=O)[C@@H](C[C@H](O)[C@@H](N)C[C@H](Cc2ccc(OC)c(OCCCOC)c2)C(C)C)C(C)C)nn1. The smallest absolute Gasteiger partial charge is 0.223 e. The zero-order valence-electron chi connectivity index (χ0n) is 31.5. The summed E-state index contributed by atoms with van der Waals surface area (Å²) in [6.07, 6.45) is 9.55. The predicted octanol–water partition coefficient (Wildman–Crippen LogP) is 6.22. The average Bonchev–Trinajstić information content (AvgIpc) is 3.48. The van der Waals surface area contributed by atoms with E-state index in [1.165, 1.54) is 19.3 Å². The highest BCUT2D eigenvalue weighted by molar-refractivity contribution is 5.79. The van der Waals surface area contributed by atoms with E-state index in [2.05, 4.69) is 56.3 Å². The number of carbonyl (C=O) groups excluding carboxylic acids is 1. The highest BCUT2D eigenvalue weighted by Crippen LogP contribution is 2.32. The van der Waals surface area contributed by atoms with Gasteiger partial charge >= 0.3 is 0 Å². The van der Waals surface area contributed by atoms with E-state index in [9.17, 15) is 9.90 Å². The van der Waals surface area contributed by atoms with E-state index in [-0.39, 0.29) is 29.1 Å². The lowest BCUT2D eigenvalue weighted by Gasteiger charge is -2.31. The van der Waals surface area contributed by atoms with Gasteiger partial charge in [0.2, 0.25) is 5.91 Å². The molecule has 1 heterocycles. The van der Waals surface area contributed by atoms with Gasteiger partial charge in [0.05, 0.1) is 25.5 Å². The molecule has 4 N–H and O–H groups in total. The third-order valence-electron chi connectivity index (χ3n) is 9.33. The fraction of sp³-hybridized carbons (Fsp3) is 0.763. The third-order valence-corrected chi connectivity index (χ3v) is 9.33. The van der Waals surface area contributed by atoms with E-state index in [1.807, 2.05) is 36.9 Å². The molecule has 4 atom stereocenters. The number of carbonyl (C=O) groups is 1. The van der Waals surface area contributed by atoms with Crippen LogP contribution in [0.2, 0.25) is 0 Å². The lowest BCUT2D eigenvalue weighted by molar-refractivity contribution is -0.128. The topological polar surface area (TPSA) is 134 Å². The van der Waals surface area contributed by atoms with Crippen molar-refractivity contribution in [3.63, 3.8) is 0 Å². The molecule has 0 aliphatic heterocycles. The Morgan fingerprint density at radius 3 is 2.42 bits per heavy atom. The number of nitrogens with zero attached hydrogens (tertiary/aromatic N) is 3. The maximum absolute atomic E-state index is 13.5. The maximum Gasteiger partial charge on any atom is 0.223 e. The van der Waals surface area contributed by atoms with Crippen molar-refractivity contribution >= 4 is 5.91 Å². The number of rotatable bonds is 25. The summed E-state index contributed by atoms with van der Waals surface area (Å²) in [5, 5.41) is 23.1. The molecule has 0 aliphatic carbocycles. The van der Waals surface area contributed by atoms with Crippen LogP contribution in [-0.2, 0) is 28.9 Å². The van der Waals surface area contributed by atoms with Crippen molar-refractivity contribution in [2.45, 2.75) is 125 Å². The van der Waals surface area contributed by atoms with Gasteiger partial charge in [0.1, 0.15) is 0 Å². The molecule has 0 saturated carbocycles. The molecule has 274 valence electrons. The largest absolute Gasteiger partial charge is 0.493 e. The summed E-state index contributed by atoms with van der Waals surface area (Å²) in [6, 6.07) is 5.60. The van der Waals surface area contributed by atoms with Gasteiger partial charge in [0.25, 0.3) is 0 Å². The third kappa shape index (κ3) is 14.8. The first-order valence-electron chi connectivity index (χ1n) is 18.2. The number of aromatic nitrogens is 3. The highest BCUT2D eigenvalue weighted by atomic mass is 16.5. The number of nitrogens with two attached hydrogens (primary N) is 1. The van der Waals surface area contributed by atoms with Crippen LogP contribution in [0.3, 0.4) is 0 Å². The number of amides is 1. The van der Waals surface area contributed by atoms with Crippen LogP contribution in [0.15, 0.2) is 24.4 Å². The number of aliphatic hydroxyl groups excluding tert-OH is 1. The highest BCUT2D eigenvalue weighted by Gasteiger charge is 2.31. The first-order valence-corrected chi connectivity index (χ1v) is 18.2. The molecule has 0 fully saturated rings. The molecule has 0 saturated heterocycles. The quantitative estimate of drug-likeness (QED) is 0.106. The van der Waals surface area contributed by atoms with Gasteiger partial charge in [0.15, 0.2) is 11.5 Å². The Morgan fingerprint density at radius 1 is 1.02 bits per heavy atom. The summed E-state index contributed by atoms with van der Waals surface area (Å²) < 4.78 is 18.5. The normalized spacial score (nSPS) is 14.6. The number of methoxy groups -OCH3 is 2. The van der Waals surface area contributed by atoms with Crippen molar-refractivity contribution in [1.29, 1.82) is 0 Å². The van der Waals surface area contributed by atoms with E-state index in [0.29, 0.717) is 50.8 Å². The van der Waals surface area contributed by atoms with Crippen molar-refractivity contribution in [1.82, 2.24) is 20.3 Å². The minimum Gasteiger partial charge on any atom is -0.493 e. The molecule has 10 heteroatoms. The molecule has 48 heavy (non-hydrogen) atoms. The molecule has 10 nitrogen and oxygen atoms in total. The Labute approximate surface area is 290 Å². The van der Waals surface area contributed by atoms with Gasteiger partial charge in [-0.15, -0.1) is 5.10 Å². The van der Waals surface area contributed by atoms with Crippen LogP contribution in [0.1, 0.15) is 105 Å². The lowest BCUT2D eigenvalue weighted by atomic mass is 9.80. The zero-order chi connectivity index (χ0) is 35.7. The molecule has 1 aromatic heterocycles. The first-order chi connectivity index (χ1) is 22.8. The molecular formula is C38H67N5O5. The Balaban J connectivity index is 1.95. The van der Waals surface area contributed by atoms with Crippen LogP contribution in [0.4, 0.5) is 0 Å². The number of benzene rings is 1. The van der Waals surface area contributed by atoms with Gasteiger partial charge in [-0.05, 0) is 67.6 Å². The number of unbranched alkanes of at least 4 members (excludes halogenated alkanes) is 3. The second-order valence-electron chi connectivity index (χ2n) is 15.0. The van der Waals surface area contributed by atoms with E-state index < -0.39 is 12.1 Å². The Bertz CT molecular complexity index is 1180. The van der Waals surface area contributed by atoms with Crippen molar-refractivity contribution in [2.24, 2.45) is 34.8 Å². The monoisotopic (exact) mass is 674 g/mol. The number of nitrogens with one attached hydrogen (secondary N) is 1. The van der Waals surface area contributed by atoms with Gasteiger partial charge in [-0.3, -0.25) is 9.48 Å². The molecule has 0 spiro atoms. The van der Waals surface area contributed by atoms with Gasteiger partial charge in [-0.25, -0.2) is 0 Å². The Morgan fingerprint density at radius 2 is 1.77 bits per heavy atom. The minimum atomic E-state index is -0.793. The summed E-state index contributed by atoms with van der Waals surface area (Å²) in [7, 11) is 3.32. The molecule has 1 amide bonds. The second kappa shape index (κ2) is 21.4. The summed E-state index contributed by atoms with van der Waals surface area (Å²) >= 11 is 0. The van der Waals surface area contributed by atoms with E-state index in [0.717, 1.165) is 42.7 Å². The predicted molar refractivity (Wildman–Crippen MR) is 193 cm³/mol. The standard InChI is InChI=1S/C38H67N5O5/c1-10-11-12-13-15-31-24-43(42-41-31)26-38(6,7)25-40-37(45)32(28(4)5)23-34(44)33(39)22-30(27(2)3)20-29-16-17-35(47-9)36(21-29)48-19-14-18-46-8/h16-17,21,24,27-28,30,32-34,44H,10-15,18-20,22-23,25-26,39H2,1-9H3,(H,40,45)/t30-,32-,33-,34-/m0/s1. The van der Waals surface area contributed by atoms with Crippen molar-refractivity contribution in [3.05, 3.63) is 35.7 Å². The maximum atomic E-state index is 13.5. The minimum absolute atomic E-state index is 0.0452. The fourth-order valence-corrected chi connectivity index (χ4v) is 6.08. The van der Waals surface area contributed by atoms with E-state index in [4.69, 9.17) is 19.9 Å². The number of aryl methyl sites for hydroxylation is 1. The molecule has 2 aromatic rings. The fourth-order valence-electron chi connectivity index (χ4n) is 6.08. The van der Waals surface area contributed by atoms with Crippen LogP contribution < -0.4 is 20.5 Å². The van der Waals surface area contributed by atoms with Crippen LogP contribution in [0.5, 0.6) is 11.5 Å². The summed E-state index contributed by atoms with van der Waals surface area (Å²) in [4.78, 5) is 13.5. The Hall–Kier alpha value is -2.69. The van der Waals surface area contributed by atoms with Crippen molar-refractivity contribution in [2.75, 3.05) is 34.0 Å². The zero-order valence-corrected chi connectivity index (χ0v) is 31.5. The van der Waals surface area contributed by atoms with Gasteiger partial charge in [-0.1, -0.05) is 79.0 Å². The van der Waals surface area contributed by atoms with Crippen LogP contribution in [0, 0.1) is 29.1 Å². The second-order valence-corrected chi connectivity index (χ2v) is 15.0. The van der Waals surface area contributed by atoms with Crippen molar-refractivity contribution < 1.29 is 24.1 Å². The molecule has 2 rings (SSSR count). The summed E-state index contributed by atoms with van der Waals surface area (Å²) in [5.74, 6) is 1.68. The summed E-state index contributed by atoms with van der Waals surface area (Å²) in [5.41, 5.74) is 8.58. The number of aliphatic hydroxyl groups is 1. The van der Waals surface area contributed by atoms with Gasteiger partial charge < -0.3 is 30.4 Å². The molecule has 0 bridgehead atoms. The van der Waals surface area contributed by atoms with E-state index in [1.54, 1.807) is 14.2 Å². The molecular weight excluding hydrogens is 606 g/mol. The average molecular weight is 674 g/mol. The van der Waals surface area contributed by atoms with Crippen LogP contribution in [0.25, 0.3) is 0 Å². The molecule has 0 aliphatic rings. The Kier molecular flexibility index (Phi) is 18.5. The van der Waals surface area contributed by atoms with Gasteiger partial charge in [-0.2, -0.15) is 0 Å². The van der Waals surface area contributed by atoms with Crippen LogP contribution >= 0.6 is 0 Å². The number of hydrogen-bond acceptors (Lipinski definition) is 8. The molecule has 0 radical (unpaired) electrons. The summed E-state index contributed by atoms with van der Waals surface area (Å²) in [6.45, 7) is 17.2. The lowest BCUT2D eigenvalue weighted by Crippen LogP contribution is -2.44. The first kappa shape index (κ1) is 41.5. The number of ether oxygens (including phenoxy) is 3. The van der Waals surface area contributed by atoms with E-state index >= 15 is 0 Å². The van der Waals surface area contributed by atoms with Crippen LogP contribution in [-0.4, -0.2) is 72.1 Å². The number of hydrogen-bond donors (Lipinski definition) is 3. The molecule has 0 unspecified atom stereocenters. The van der Waals surface area contributed by atoms with Gasteiger partial charge in [0, 0.05) is 56.8 Å². The molecule has 1 aromatic carbocycles. The van der Waals surface area contributed by atoms with Crippen molar-refractivity contribution in [3.8, 4) is 11.5 Å².